The molecule has 2 saturated carbocycles. The van der Waals surface area contributed by atoms with E-state index in [0.717, 1.165) is 30.5 Å². The van der Waals surface area contributed by atoms with Crippen molar-refractivity contribution in [3.05, 3.63) is 12.2 Å². The summed E-state index contributed by atoms with van der Waals surface area (Å²) in [6.45, 7) is 0.648. The van der Waals surface area contributed by atoms with Gasteiger partial charge in [0.2, 0.25) is 5.91 Å². The topological polar surface area (TPSA) is 70.7 Å². The molecule has 0 spiro atoms. The lowest BCUT2D eigenvalue weighted by Gasteiger charge is -2.20. The van der Waals surface area contributed by atoms with Gasteiger partial charge in [-0.05, 0) is 37.0 Å². The van der Waals surface area contributed by atoms with E-state index in [-0.39, 0.29) is 5.91 Å². The molecular weight excluding hydrogens is 228 g/mol. The molecule has 2 aliphatic rings. The number of amides is 1. The molecule has 2 aliphatic carbocycles. The SMILES string of the molecule is O=C(CC1CC2CCC1C2)NCCc1ncn[nH]1. The maximum Gasteiger partial charge on any atom is 0.220 e. The number of nitrogens with zero attached hydrogens (tertiary/aromatic N) is 2. The number of hydrogen-bond donors (Lipinski definition) is 2. The number of fused-ring (bicyclic) bond motifs is 2. The minimum Gasteiger partial charge on any atom is -0.356 e. The Morgan fingerprint density at radius 2 is 2.39 bits per heavy atom. The second-order valence-electron chi connectivity index (χ2n) is 5.67. The lowest BCUT2D eigenvalue weighted by atomic mass is 9.86. The normalized spacial score (nSPS) is 29.7. The van der Waals surface area contributed by atoms with Gasteiger partial charge in [0.15, 0.2) is 0 Å². The fraction of sp³-hybridized carbons (Fsp3) is 0.769. The quantitative estimate of drug-likeness (QED) is 0.825. The summed E-state index contributed by atoms with van der Waals surface area (Å²) in [5.74, 6) is 3.42. The van der Waals surface area contributed by atoms with Crippen LogP contribution in [0.15, 0.2) is 6.33 Å². The van der Waals surface area contributed by atoms with Gasteiger partial charge in [-0.1, -0.05) is 6.42 Å². The molecule has 1 amide bonds. The third-order valence-corrected chi connectivity index (χ3v) is 4.48. The largest absolute Gasteiger partial charge is 0.356 e. The van der Waals surface area contributed by atoms with Crippen molar-refractivity contribution in [2.45, 2.75) is 38.5 Å². The Hall–Kier alpha value is -1.39. The molecule has 0 saturated heterocycles. The van der Waals surface area contributed by atoms with Crippen LogP contribution in [0.5, 0.6) is 0 Å². The van der Waals surface area contributed by atoms with E-state index in [1.165, 1.54) is 32.0 Å². The standard InChI is InChI=1S/C13H20N4O/c18-13(14-4-3-12-15-8-16-17-12)7-11-6-9-1-2-10(11)5-9/h8-11H,1-7H2,(H,14,18)(H,15,16,17). The van der Waals surface area contributed by atoms with E-state index in [0.29, 0.717) is 12.5 Å². The molecule has 5 heteroatoms. The summed E-state index contributed by atoms with van der Waals surface area (Å²) in [7, 11) is 0. The molecule has 1 aromatic heterocycles. The van der Waals surface area contributed by atoms with Crippen molar-refractivity contribution in [3.63, 3.8) is 0 Å². The van der Waals surface area contributed by atoms with Crippen LogP contribution in [-0.2, 0) is 11.2 Å². The average Bonchev–Trinajstić information content (AvgIpc) is 3.04. The minimum absolute atomic E-state index is 0.201. The van der Waals surface area contributed by atoms with E-state index in [1.807, 2.05) is 0 Å². The van der Waals surface area contributed by atoms with Crippen molar-refractivity contribution in [1.29, 1.82) is 0 Å². The molecule has 3 atom stereocenters. The number of aromatic nitrogens is 3. The van der Waals surface area contributed by atoms with Crippen molar-refractivity contribution >= 4 is 5.91 Å². The van der Waals surface area contributed by atoms with E-state index in [9.17, 15) is 4.79 Å². The van der Waals surface area contributed by atoms with E-state index in [1.54, 1.807) is 0 Å². The van der Waals surface area contributed by atoms with Crippen LogP contribution in [0.4, 0.5) is 0 Å². The van der Waals surface area contributed by atoms with Gasteiger partial charge in [0, 0.05) is 19.4 Å². The van der Waals surface area contributed by atoms with Crippen molar-refractivity contribution < 1.29 is 4.79 Å². The van der Waals surface area contributed by atoms with E-state index < -0.39 is 0 Å². The molecule has 1 aromatic rings. The van der Waals surface area contributed by atoms with Crippen molar-refractivity contribution in [3.8, 4) is 0 Å². The number of aromatic amines is 1. The lowest BCUT2D eigenvalue weighted by molar-refractivity contribution is -0.122. The third-order valence-electron chi connectivity index (χ3n) is 4.48. The number of nitrogens with one attached hydrogen (secondary N) is 2. The van der Waals surface area contributed by atoms with Gasteiger partial charge in [-0.15, -0.1) is 0 Å². The van der Waals surface area contributed by atoms with Gasteiger partial charge in [-0.25, -0.2) is 4.98 Å². The van der Waals surface area contributed by atoms with Crippen LogP contribution >= 0.6 is 0 Å². The molecule has 0 aromatic carbocycles. The number of hydrogen-bond acceptors (Lipinski definition) is 3. The monoisotopic (exact) mass is 248 g/mol. The van der Waals surface area contributed by atoms with Crippen LogP contribution < -0.4 is 5.32 Å². The van der Waals surface area contributed by atoms with Gasteiger partial charge < -0.3 is 5.32 Å². The summed E-state index contributed by atoms with van der Waals surface area (Å²) in [6.07, 6.45) is 8.33. The van der Waals surface area contributed by atoms with E-state index in [4.69, 9.17) is 0 Å². The van der Waals surface area contributed by atoms with Gasteiger partial charge in [-0.3, -0.25) is 9.89 Å². The second-order valence-corrected chi connectivity index (χ2v) is 5.67. The molecule has 0 radical (unpaired) electrons. The Labute approximate surface area is 107 Å². The Morgan fingerprint density at radius 3 is 3.06 bits per heavy atom. The van der Waals surface area contributed by atoms with Crippen molar-refractivity contribution in [2.24, 2.45) is 17.8 Å². The van der Waals surface area contributed by atoms with Crippen LogP contribution in [0.3, 0.4) is 0 Å². The van der Waals surface area contributed by atoms with Gasteiger partial charge in [0.25, 0.3) is 0 Å². The Bertz CT molecular complexity index is 403. The average molecular weight is 248 g/mol. The number of rotatable bonds is 5. The van der Waals surface area contributed by atoms with Crippen LogP contribution in [0, 0.1) is 17.8 Å². The maximum atomic E-state index is 11.8. The first-order chi connectivity index (χ1) is 8.81. The fourth-order valence-corrected chi connectivity index (χ4v) is 3.61. The molecule has 98 valence electrons. The summed E-state index contributed by atoms with van der Waals surface area (Å²) in [5, 5.41) is 9.55. The maximum absolute atomic E-state index is 11.8. The Morgan fingerprint density at radius 1 is 1.44 bits per heavy atom. The predicted molar refractivity (Wildman–Crippen MR) is 66.7 cm³/mol. The second kappa shape index (κ2) is 5.08. The van der Waals surface area contributed by atoms with Gasteiger partial charge in [-0.2, -0.15) is 5.10 Å². The van der Waals surface area contributed by atoms with Gasteiger partial charge >= 0.3 is 0 Å². The first kappa shape index (κ1) is 11.7. The predicted octanol–water partition coefficient (Wildman–Crippen LogP) is 1.29. The highest BCUT2D eigenvalue weighted by Gasteiger charge is 2.39. The van der Waals surface area contributed by atoms with Gasteiger partial charge in [0.1, 0.15) is 12.2 Å². The summed E-state index contributed by atoms with van der Waals surface area (Å²) < 4.78 is 0. The first-order valence-corrected chi connectivity index (χ1v) is 6.92. The molecule has 0 aliphatic heterocycles. The summed E-state index contributed by atoms with van der Waals surface area (Å²) >= 11 is 0. The smallest absolute Gasteiger partial charge is 0.220 e. The molecule has 3 unspecified atom stereocenters. The van der Waals surface area contributed by atoms with Crippen LogP contribution in [-0.4, -0.2) is 27.6 Å². The van der Waals surface area contributed by atoms with Gasteiger partial charge in [0.05, 0.1) is 0 Å². The van der Waals surface area contributed by atoms with Crippen LogP contribution in [0.1, 0.15) is 37.9 Å². The zero-order valence-electron chi connectivity index (χ0n) is 10.6. The molecule has 2 bridgehead atoms. The highest BCUT2D eigenvalue weighted by Crippen LogP contribution is 2.49. The lowest BCUT2D eigenvalue weighted by Crippen LogP contribution is -2.29. The Balaban J connectivity index is 1.37. The third kappa shape index (κ3) is 2.54. The van der Waals surface area contributed by atoms with Crippen molar-refractivity contribution in [1.82, 2.24) is 20.5 Å². The van der Waals surface area contributed by atoms with Crippen LogP contribution in [0.25, 0.3) is 0 Å². The first-order valence-electron chi connectivity index (χ1n) is 6.92. The fourth-order valence-electron chi connectivity index (χ4n) is 3.61. The molecule has 2 fully saturated rings. The molecular formula is C13H20N4O. The molecule has 1 heterocycles. The summed E-state index contributed by atoms with van der Waals surface area (Å²) in [5.41, 5.74) is 0. The molecule has 18 heavy (non-hydrogen) atoms. The Kier molecular flexibility index (Phi) is 3.30. The number of carbonyl (C=O) groups is 1. The highest BCUT2D eigenvalue weighted by atomic mass is 16.1. The molecule has 2 N–H and O–H groups in total. The molecule has 5 nitrogen and oxygen atoms in total. The highest BCUT2D eigenvalue weighted by molar-refractivity contribution is 5.76. The zero-order valence-corrected chi connectivity index (χ0v) is 10.6. The minimum atomic E-state index is 0.201. The number of carbonyl (C=O) groups excluding carboxylic acids is 1. The summed E-state index contributed by atoms with van der Waals surface area (Å²) in [6, 6.07) is 0. The summed E-state index contributed by atoms with van der Waals surface area (Å²) in [4.78, 5) is 15.9. The van der Waals surface area contributed by atoms with Crippen LogP contribution in [0.2, 0.25) is 0 Å². The van der Waals surface area contributed by atoms with E-state index in [2.05, 4.69) is 20.5 Å². The number of H-pyrrole nitrogens is 1. The van der Waals surface area contributed by atoms with E-state index >= 15 is 0 Å². The van der Waals surface area contributed by atoms with Crippen molar-refractivity contribution in [2.75, 3.05) is 6.54 Å². The molecule has 3 rings (SSSR count). The zero-order chi connectivity index (χ0) is 12.4.